The van der Waals surface area contributed by atoms with Crippen molar-refractivity contribution in [1.29, 1.82) is 0 Å². The van der Waals surface area contributed by atoms with Crippen molar-refractivity contribution in [2.45, 2.75) is 13.5 Å². The summed E-state index contributed by atoms with van der Waals surface area (Å²) in [5, 5.41) is 2.88. The van der Waals surface area contributed by atoms with Gasteiger partial charge < -0.3 is 10.2 Å². The summed E-state index contributed by atoms with van der Waals surface area (Å²) in [4.78, 5) is 28.1. The second kappa shape index (κ2) is 9.34. The van der Waals surface area contributed by atoms with Gasteiger partial charge in [-0.3, -0.25) is 9.78 Å². The van der Waals surface area contributed by atoms with Crippen LogP contribution in [-0.2, 0) is 6.54 Å². The smallest absolute Gasteiger partial charge is 0.256 e. The molecule has 1 amide bonds. The Morgan fingerprint density at radius 1 is 1.00 bits per heavy atom. The first kappa shape index (κ1) is 21.1. The molecule has 0 aliphatic heterocycles. The normalized spacial score (nSPS) is 10.6. The van der Waals surface area contributed by atoms with Crippen LogP contribution in [-0.4, -0.2) is 27.9 Å². The fourth-order valence-electron chi connectivity index (χ4n) is 3.19. The fourth-order valence-corrected chi connectivity index (χ4v) is 3.19. The predicted molar refractivity (Wildman–Crippen MR) is 122 cm³/mol. The van der Waals surface area contributed by atoms with Crippen molar-refractivity contribution in [3.05, 3.63) is 102 Å². The molecule has 0 unspecified atom stereocenters. The maximum atomic E-state index is 13.4. The number of nitrogens with one attached hydrogen (secondary N) is 1. The summed E-state index contributed by atoms with van der Waals surface area (Å²) in [5.74, 6) is 0.202. The molecule has 0 radical (unpaired) electrons. The standard InChI is InChI=1S/C25H22FN5O/c1-17-6-12-21(13-7-17)31(2)24-22(25(32)29-15-20-5-3-4-14-27-20)16-28-23(30-24)18-8-10-19(26)11-9-18/h3-14,16H,15H2,1-2H3,(H,29,32). The molecule has 0 aliphatic rings. The molecule has 0 saturated heterocycles. The van der Waals surface area contributed by atoms with Crippen LogP contribution in [0.5, 0.6) is 0 Å². The lowest BCUT2D eigenvalue weighted by molar-refractivity contribution is 0.0950. The molecule has 0 saturated carbocycles. The number of halogens is 1. The summed E-state index contributed by atoms with van der Waals surface area (Å²) in [7, 11) is 1.84. The molecule has 0 atom stereocenters. The van der Waals surface area contributed by atoms with Gasteiger partial charge in [0.25, 0.3) is 5.91 Å². The van der Waals surface area contributed by atoms with Gasteiger partial charge in [-0.15, -0.1) is 0 Å². The number of rotatable bonds is 6. The van der Waals surface area contributed by atoms with E-state index in [0.717, 1.165) is 16.9 Å². The molecular weight excluding hydrogens is 405 g/mol. The summed E-state index contributed by atoms with van der Waals surface area (Å²) in [6.45, 7) is 2.30. The molecule has 1 N–H and O–H groups in total. The van der Waals surface area contributed by atoms with E-state index in [1.54, 1.807) is 18.3 Å². The van der Waals surface area contributed by atoms with Crippen LogP contribution in [0.4, 0.5) is 15.9 Å². The zero-order valence-corrected chi connectivity index (χ0v) is 17.8. The number of hydrogen-bond donors (Lipinski definition) is 1. The zero-order valence-electron chi connectivity index (χ0n) is 17.8. The first-order chi connectivity index (χ1) is 15.5. The number of carbonyl (C=O) groups excluding carboxylic acids is 1. The zero-order chi connectivity index (χ0) is 22.5. The predicted octanol–water partition coefficient (Wildman–Crippen LogP) is 4.68. The Balaban J connectivity index is 1.70. The van der Waals surface area contributed by atoms with Crippen LogP contribution < -0.4 is 10.2 Å². The second-order valence-electron chi connectivity index (χ2n) is 7.34. The van der Waals surface area contributed by atoms with Crippen molar-refractivity contribution in [3.8, 4) is 11.4 Å². The first-order valence-corrected chi connectivity index (χ1v) is 10.1. The van der Waals surface area contributed by atoms with Crippen molar-refractivity contribution in [1.82, 2.24) is 20.3 Å². The van der Waals surface area contributed by atoms with Gasteiger partial charge in [-0.25, -0.2) is 14.4 Å². The number of pyridine rings is 1. The van der Waals surface area contributed by atoms with E-state index in [-0.39, 0.29) is 18.3 Å². The van der Waals surface area contributed by atoms with Crippen molar-refractivity contribution in [2.24, 2.45) is 0 Å². The monoisotopic (exact) mass is 427 g/mol. The third-order valence-corrected chi connectivity index (χ3v) is 5.01. The number of anilines is 2. The SMILES string of the molecule is Cc1ccc(N(C)c2nc(-c3ccc(F)cc3)ncc2C(=O)NCc2ccccn2)cc1. The van der Waals surface area contributed by atoms with Gasteiger partial charge in [-0.1, -0.05) is 23.8 Å². The number of aryl methyl sites for hydroxylation is 1. The third kappa shape index (κ3) is 4.78. The van der Waals surface area contributed by atoms with E-state index >= 15 is 0 Å². The van der Waals surface area contributed by atoms with Gasteiger partial charge in [0.1, 0.15) is 17.2 Å². The van der Waals surface area contributed by atoms with Crippen LogP contribution in [0, 0.1) is 12.7 Å². The summed E-state index contributed by atoms with van der Waals surface area (Å²) in [6.07, 6.45) is 3.18. The number of hydrogen-bond acceptors (Lipinski definition) is 5. The molecule has 0 fully saturated rings. The lowest BCUT2D eigenvalue weighted by Gasteiger charge is -2.22. The minimum Gasteiger partial charge on any atom is -0.346 e. The van der Waals surface area contributed by atoms with Gasteiger partial charge in [0.05, 0.1) is 12.2 Å². The minimum atomic E-state index is -0.337. The van der Waals surface area contributed by atoms with Crippen LogP contribution in [0.1, 0.15) is 21.6 Å². The second-order valence-corrected chi connectivity index (χ2v) is 7.34. The Bertz CT molecular complexity index is 1210. The summed E-state index contributed by atoms with van der Waals surface area (Å²) < 4.78 is 13.4. The quantitative estimate of drug-likeness (QED) is 0.484. The molecule has 32 heavy (non-hydrogen) atoms. The lowest BCUT2D eigenvalue weighted by Crippen LogP contribution is -2.26. The van der Waals surface area contributed by atoms with E-state index in [0.29, 0.717) is 22.8 Å². The molecule has 160 valence electrons. The molecule has 6 nitrogen and oxygen atoms in total. The highest BCUT2D eigenvalue weighted by Crippen LogP contribution is 2.28. The van der Waals surface area contributed by atoms with Crippen molar-refractivity contribution < 1.29 is 9.18 Å². The Morgan fingerprint density at radius 2 is 1.75 bits per heavy atom. The number of benzene rings is 2. The third-order valence-electron chi connectivity index (χ3n) is 5.01. The fraction of sp³-hybridized carbons (Fsp3) is 0.120. The Hall–Kier alpha value is -4.13. The largest absolute Gasteiger partial charge is 0.346 e. The number of amides is 1. The van der Waals surface area contributed by atoms with Gasteiger partial charge in [0.15, 0.2) is 5.82 Å². The highest BCUT2D eigenvalue weighted by atomic mass is 19.1. The maximum absolute atomic E-state index is 13.4. The average Bonchev–Trinajstić information content (AvgIpc) is 2.83. The maximum Gasteiger partial charge on any atom is 0.256 e. The van der Waals surface area contributed by atoms with Crippen molar-refractivity contribution >= 4 is 17.4 Å². The highest BCUT2D eigenvalue weighted by molar-refractivity contribution is 5.99. The highest BCUT2D eigenvalue weighted by Gasteiger charge is 2.20. The van der Waals surface area contributed by atoms with E-state index < -0.39 is 0 Å². The molecule has 2 aromatic carbocycles. The van der Waals surface area contributed by atoms with Crippen molar-refractivity contribution in [2.75, 3.05) is 11.9 Å². The molecule has 0 spiro atoms. The Morgan fingerprint density at radius 3 is 2.44 bits per heavy atom. The van der Waals surface area contributed by atoms with E-state index in [1.165, 1.54) is 18.3 Å². The van der Waals surface area contributed by atoms with E-state index in [1.807, 2.05) is 61.3 Å². The Kier molecular flexibility index (Phi) is 6.17. The van der Waals surface area contributed by atoms with Crippen LogP contribution in [0.15, 0.2) is 79.1 Å². The molecule has 0 bridgehead atoms. The van der Waals surface area contributed by atoms with Gasteiger partial charge in [0.2, 0.25) is 0 Å². The van der Waals surface area contributed by atoms with Gasteiger partial charge >= 0.3 is 0 Å². The van der Waals surface area contributed by atoms with E-state index in [4.69, 9.17) is 0 Å². The van der Waals surface area contributed by atoms with E-state index in [9.17, 15) is 9.18 Å². The average molecular weight is 427 g/mol. The lowest BCUT2D eigenvalue weighted by atomic mass is 10.1. The molecule has 0 aliphatic carbocycles. The molecule has 7 heteroatoms. The molecule has 4 aromatic rings. The van der Waals surface area contributed by atoms with E-state index in [2.05, 4.69) is 20.3 Å². The van der Waals surface area contributed by atoms with Gasteiger partial charge in [-0.2, -0.15) is 0 Å². The van der Waals surface area contributed by atoms with Crippen LogP contribution in [0.2, 0.25) is 0 Å². The van der Waals surface area contributed by atoms with Crippen LogP contribution >= 0.6 is 0 Å². The van der Waals surface area contributed by atoms with Crippen LogP contribution in [0.3, 0.4) is 0 Å². The molecule has 2 aromatic heterocycles. The minimum absolute atomic E-state index is 0.285. The van der Waals surface area contributed by atoms with Crippen molar-refractivity contribution in [3.63, 3.8) is 0 Å². The molecular formula is C25H22FN5O. The topological polar surface area (TPSA) is 71.0 Å². The summed E-state index contributed by atoms with van der Waals surface area (Å²) in [5.41, 5.74) is 3.74. The number of aromatic nitrogens is 3. The van der Waals surface area contributed by atoms with Gasteiger partial charge in [0, 0.05) is 30.7 Å². The first-order valence-electron chi connectivity index (χ1n) is 10.1. The summed E-state index contributed by atoms with van der Waals surface area (Å²) >= 11 is 0. The molecule has 2 heterocycles. The molecule has 4 rings (SSSR count). The Labute approximate surface area is 185 Å². The number of nitrogens with zero attached hydrogens (tertiary/aromatic N) is 4. The summed E-state index contributed by atoms with van der Waals surface area (Å²) in [6, 6.07) is 19.4. The van der Waals surface area contributed by atoms with Crippen LogP contribution in [0.25, 0.3) is 11.4 Å². The van der Waals surface area contributed by atoms with Gasteiger partial charge in [-0.05, 0) is 55.5 Å². The number of carbonyl (C=O) groups is 1.